The maximum atomic E-state index is 12.6. The Balaban J connectivity index is 1.56. The monoisotopic (exact) mass is 342 g/mol. The van der Waals surface area contributed by atoms with E-state index in [4.69, 9.17) is 0 Å². The van der Waals surface area contributed by atoms with Gasteiger partial charge in [-0.05, 0) is 55.0 Å². The van der Waals surface area contributed by atoms with Gasteiger partial charge in [-0.3, -0.25) is 14.8 Å². The minimum atomic E-state index is 0.0851. The molecule has 6 rings (SSSR count). The minimum absolute atomic E-state index is 0.0851. The molecule has 0 bridgehead atoms. The van der Waals surface area contributed by atoms with Crippen molar-refractivity contribution >= 4 is 5.91 Å². The Kier molecular flexibility index (Phi) is 2.64. The third kappa shape index (κ3) is 1.83. The van der Waals surface area contributed by atoms with Crippen molar-refractivity contribution in [3.05, 3.63) is 59.2 Å². The summed E-state index contributed by atoms with van der Waals surface area (Å²) >= 11 is 0. The normalized spacial score (nSPS) is 18.7. The Labute approximate surface area is 150 Å². The summed E-state index contributed by atoms with van der Waals surface area (Å²) in [6.07, 6.45) is 9.70. The van der Waals surface area contributed by atoms with Crippen LogP contribution in [0.25, 0.3) is 22.5 Å². The zero-order valence-corrected chi connectivity index (χ0v) is 14.3. The Hall–Kier alpha value is -2.95. The van der Waals surface area contributed by atoms with E-state index in [-0.39, 0.29) is 11.3 Å². The lowest BCUT2D eigenvalue weighted by Gasteiger charge is -2.23. The molecule has 0 atom stereocenters. The second-order valence-electron chi connectivity index (χ2n) is 7.65. The quantitative estimate of drug-likeness (QED) is 0.714. The zero-order chi connectivity index (χ0) is 17.3. The Morgan fingerprint density at radius 1 is 1.12 bits per heavy atom. The van der Waals surface area contributed by atoms with E-state index in [1.165, 1.54) is 22.4 Å². The maximum Gasteiger partial charge on any atom is 0.253 e. The summed E-state index contributed by atoms with van der Waals surface area (Å²) in [5.74, 6) is 0.0851. The number of hydrogen-bond donors (Lipinski definition) is 2. The molecule has 0 unspecified atom stereocenters. The van der Waals surface area contributed by atoms with E-state index in [0.29, 0.717) is 0 Å². The summed E-state index contributed by atoms with van der Waals surface area (Å²) in [4.78, 5) is 25.0. The fraction of sp³-hybridized carbons (Fsp3) is 0.286. The smallest absolute Gasteiger partial charge is 0.253 e. The molecule has 4 heterocycles. The van der Waals surface area contributed by atoms with Crippen LogP contribution in [0.15, 0.2) is 36.8 Å². The van der Waals surface area contributed by atoms with Crippen LogP contribution in [0.4, 0.5) is 0 Å². The van der Waals surface area contributed by atoms with Crippen molar-refractivity contribution in [2.45, 2.75) is 31.1 Å². The van der Waals surface area contributed by atoms with Crippen molar-refractivity contribution in [1.82, 2.24) is 20.3 Å². The molecule has 0 radical (unpaired) electrons. The number of carbonyl (C=O) groups is 1. The van der Waals surface area contributed by atoms with Gasteiger partial charge >= 0.3 is 0 Å². The number of carbonyl (C=O) groups excluding carboxylic acids is 1. The molecule has 3 aromatic heterocycles. The third-order valence-electron chi connectivity index (χ3n) is 6.18. The number of aromatic amines is 1. The number of rotatable bonds is 1. The predicted octanol–water partition coefficient (Wildman–Crippen LogP) is 3.01. The first kappa shape index (κ1) is 14.2. The van der Waals surface area contributed by atoms with E-state index in [0.717, 1.165) is 54.7 Å². The predicted molar refractivity (Wildman–Crippen MR) is 97.9 cm³/mol. The van der Waals surface area contributed by atoms with Crippen LogP contribution in [0.3, 0.4) is 0 Å². The summed E-state index contributed by atoms with van der Waals surface area (Å²) in [7, 11) is 0. The van der Waals surface area contributed by atoms with Crippen molar-refractivity contribution < 1.29 is 4.79 Å². The Morgan fingerprint density at radius 2 is 1.96 bits per heavy atom. The number of nitrogens with one attached hydrogen (secondary N) is 2. The number of amides is 1. The highest BCUT2D eigenvalue weighted by atomic mass is 16.1. The molecule has 1 saturated carbocycles. The van der Waals surface area contributed by atoms with Crippen molar-refractivity contribution in [1.29, 1.82) is 0 Å². The molecule has 1 aliphatic heterocycles. The second kappa shape index (κ2) is 4.81. The molecule has 26 heavy (non-hydrogen) atoms. The molecule has 5 nitrogen and oxygen atoms in total. The highest BCUT2D eigenvalue weighted by Crippen LogP contribution is 2.52. The van der Waals surface area contributed by atoms with E-state index in [1.54, 1.807) is 12.4 Å². The van der Waals surface area contributed by atoms with Crippen molar-refractivity contribution in [2.24, 2.45) is 0 Å². The van der Waals surface area contributed by atoms with Crippen LogP contribution in [-0.4, -0.2) is 27.4 Å². The molecular formula is C21H18N4O. The largest absolute Gasteiger partial charge is 0.357 e. The van der Waals surface area contributed by atoms with Crippen molar-refractivity contribution in [2.75, 3.05) is 6.54 Å². The number of H-pyrrole nitrogens is 1. The summed E-state index contributed by atoms with van der Waals surface area (Å²) < 4.78 is 0. The molecule has 2 aliphatic carbocycles. The number of aryl methyl sites for hydroxylation is 1. The van der Waals surface area contributed by atoms with Gasteiger partial charge in [-0.2, -0.15) is 0 Å². The van der Waals surface area contributed by atoms with Gasteiger partial charge in [0.15, 0.2) is 0 Å². The lowest BCUT2D eigenvalue weighted by Crippen LogP contribution is -2.39. The fourth-order valence-corrected chi connectivity index (χ4v) is 4.53. The van der Waals surface area contributed by atoms with E-state index in [2.05, 4.69) is 26.3 Å². The molecule has 0 saturated heterocycles. The van der Waals surface area contributed by atoms with Crippen LogP contribution in [-0.2, 0) is 18.3 Å². The number of aromatic nitrogens is 3. The van der Waals surface area contributed by atoms with Gasteiger partial charge in [-0.1, -0.05) is 0 Å². The highest BCUT2D eigenvalue weighted by molar-refractivity contribution is 6.01. The molecule has 1 spiro atoms. The van der Waals surface area contributed by atoms with Gasteiger partial charge in [0.25, 0.3) is 5.91 Å². The molecule has 128 valence electrons. The molecule has 3 aromatic rings. The average molecular weight is 342 g/mol. The lowest BCUT2D eigenvalue weighted by molar-refractivity contribution is 0.0936. The second-order valence-corrected chi connectivity index (χ2v) is 7.65. The van der Waals surface area contributed by atoms with Gasteiger partial charge in [0.2, 0.25) is 0 Å². The summed E-state index contributed by atoms with van der Waals surface area (Å²) in [6.45, 7) is 0.768. The Bertz CT molecular complexity index is 1060. The first-order chi connectivity index (χ1) is 12.8. The van der Waals surface area contributed by atoms with E-state index >= 15 is 0 Å². The van der Waals surface area contributed by atoms with Gasteiger partial charge in [0.05, 0.1) is 17.0 Å². The molecular weight excluding hydrogens is 324 g/mol. The van der Waals surface area contributed by atoms with Crippen molar-refractivity contribution in [3.8, 4) is 22.5 Å². The van der Waals surface area contributed by atoms with Gasteiger partial charge in [0.1, 0.15) is 0 Å². The summed E-state index contributed by atoms with van der Waals surface area (Å²) in [6, 6.07) is 6.11. The zero-order valence-electron chi connectivity index (χ0n) is 14.3. The van der Waals surface area contributed by atoms with Crippen LogP contribution in [0, 0.1) is 0 Å². The van der Waals surface area contributed by atoms with Crippen molar-refractivity contribution in [3.63, 3.8) is 0 Å². The number of fused-ring (bicyclic) bond motifs is 6. The third-order valence-corrected chi connectivity index (χ3v) is 6.18. The lowest BCUT2D eigenvalue weighted by atomic mass is 9.86. The number of pyridine rings is 2. The molecule has 3 aliphatic rings. The standard InChI is InChI=1S/C21H18N4O/c26-20-17-14-2-1-13-10-23-16(12-3-7-22-8-4-12)9-15(13)18(14)25-19(17)21(5-6-21)11-24-20/h3-4,7-10,25H,1-2,5-6,11H2,(H,24,26). The van der Waals surface area contributed by atoms with Crippen LogP contribution < -0.4 is 5.32 Å². The van der Waals surface area contributed by atoms with Crippen LogP contribution >= 0.6 is 0 Å². The number of hydrogen-bond acceptors (Lipinski definition) is 3. The average Bonchev–Trinajstić information content (AvgIpc) is 3.35. The topological polar surface area (TPSA) is 70.7 Å². The van der Waals surface area contributed by atoms with E-state index < -0.39 is 0 Å². The SMILES string of the molecule is O=C1NCC2(CC2)c2[nH]c3c(c21)CCc1cnc(-c2ccncc2)cc1-3. The molecule has 0 aromatic carbocycles. The van der Waals surface area contributed by atoms with Crippen LogP contribution in [0.1, 0.15) is 40.0 Å². The van der Waals surface area contributed by atoms with E-state index in [9.17, 15) is 4.79 Å². The fourth-order valence-electron chi connectivity index (χ4n) is 4.53. The molecule has 1 amide bonds. The van der Waals surface area contributed by atoms with Gasteiger partial charge in [-0.25, -0.2) is 0 Å². The van der Waals surface area contributed by atoms with Gasteiger partial charge < -0.3 is 10.3 Å². The summed E-state index contributed by atoms with van der Waals surface area (Å²) in [5.41, 5.74) is 8.98. The molecule has 5 heteroatoms. The highest BCUT2D eigenvalue weighted by Gasteiger charge is 2.51. The summed E-state index contributed by atoms with van der Waals surface area (Å²) in [5, 5.41) is 3.11. The van der Waals surface area contributed by atoms with E-state index in [1.807, 2.05) is 18.3 Å². The molecule has 1 fully saturated rings. The molecule has 2 N–H and O–H groups in total. The first-order valence-electron chi connectivity index (χ1n) is 9.18. The van der Waals surface area contributed by atoms with Gasteiger partial charge in [0, 0.05) is 47.4 Å². The first-order valence-corrected chi connectivity index (χ1v) is 9.18. The number of nitrogens with zero attached hydrogens (tertiary/aromatic N) is 2. The minimum Gasteiger partial charge on any atom is -0.357 e. The van der Waals surface area contributed by atoms with Gasteiger partial charge in [-0.15, -0.1) is 0 Å². The maximum absolute atomic E-state index is 12.6. The van der Waals surface area contributed by atoms with Crippen LogP contribution in [0.5, 0.6) is 0 Å². The van der Waals surface area contributed by atoms with Crippen LogP contribution in [0.2, 0.25) is 0 Å². The Morgan fingerprint density at radius 3 is 2.77 bits per heavy atom.